The second kappa shape index (κ2) is 12.4. The van der Waals surface area contributed by atoms with Crippen molar-refractivity contribution < 1.29 is 0 Å². The Morgan fingerprint density at radius 1 is 0.604 bits per heavy atom. The molecule has 0 N–H and O–H groups in total. The third-order valence-corrected chi connectivity index (χ3v) is 11.5. The normalized spacial score (nSPS) is 14.5. The molecule has 1 atom stereocenters. The fourth-order valence-electron chi connectivity index (χ4n) is 7.74. The zero-order valence-electron chi connectivity index (χ0n) is 28.8. The van der Waals surface area contributed by atoms with Gasteiger partial charge in [0, 0.05) is 54.8 Å². The highest BCUT2D eigenvalue weighted by molar-refractivity contribution is 7.26. The Bertz CT molecular complexity index is 2980. The number of rotatable bonds is 5. The summed E-state index contributed by atoms with van der Waals surface area (Å²) in [6.45, 7) is 0. The molecule has 3 heterocycles. The van der Waals surface area contributed by atoms with Crippen LogP contribution >= 0.6 is 11.3 Å². The summed E-state index contributed by atoms with van der Waals surface area (Å²) in [6.07, 6.45) is -0.301. The second-order valence-electron chi connectivity index (χ2n) is 13.4. The minimum absolute atomic E-state index is 0.301. The van der Waals surface area contributed by atoms with Gasteiger partial charge in [-0.3, -0.25) is 0 Å². The number of hydrogen-bond acceptors (Lipinski definition) is 5. The number of nitrogens with zero attached hydrogens (tertiary/aromatic N) is 5. The molecule has 7 aromatic carbocycles. The van der Waals surface area contributed by atoms with E-state index < -0.39 is 0 Å². The van der Waals surface area contributed by atoms with Crippen molar-refractivity contribution >= 4 is 65.0 Å². The molecule has 0 fully saturated rings. The van der Waals surface area contributed by atoms with Crippen LogP contribution < -0.4 is 0 Å². The molecular formula is C47H31N5S. The molecule has 1 aliphatic rings. The highest BCUT2D eigenvalue weighted by Gasteiger charge is 2.27. The molecule has 250 valence electrons. The summed E-state index contributed by atoms with van der Waals surface area (Å²) in [7, 11) is 2.07. The van der Waals surface area contributed by atoms with Gasteiger partial charge in [-0.1, -0.05) is 115 Å². The van der Waals surface area contributed by atoms with Crippen LogP contribution in [0.5, 0.6) is 0 Å². The SMILES string of the molecule is CN1C(c2ccccc2)=NC(c2ccccc2)=NC1c1cccc(-n2c3ccc(C#N)cc3c3cc(-c4cccc5c4sc4ccccc45)ccc32)c1. The van der Waals surface area contributed by atoms with E-state index in [1.807, 2.05) is 59.9 Å². The van der Waals surface area contributed by atoms with E-state index in [9.17, 15) is 5.26 Å². The fourth-order valence-corrected chi connectivity index (χ4v) is 8.98. The third kappa shape index (κ3) is 5.13. The lowest BCUT2D eigenvalue weighted by atomic mass is 10.0. The van der Waals surface area contributed by atoms with Crippen LogP contribution in [-0.4, -0.2) is 28.2 Å². The summed E-state index contributed by atoms with van der Waals surface area (Å²) in [4.78, 5) is 12.5. The molecule has 0 radical (unpaired) electrons. The average Bonchev–Trinajstić information content (AvgIpc) is 3.77. The first-order valence-corrected chi connectivity index (χ1v) is 18.5. The number of fused-ring (bicyclic) bond motifs is 6. The maximum atomic E-state index is 9.94. The molecule has 53 heavy (non-hydrogen) atoms. The average molecular weight is 698 g/mol. The molecule has 1 aliphatic heterocycles. The van der Waals surface area contributed by atoms with Crippen molar-refractivity contribution in [2.45, 2.75) is 6.17 Å². The Morgan fingerprint density at radius 2 is 1.30 bits per heavy atom. The summed E-state index contributed by atoms with van der Waals surface area (Å²) < 4.78 is 4.89. The number of nitriles is 1. The molecule has 0 aliphatic carbocycles. The van der Waals surface area contributed by atoms with Crippen molar-refractivity contribution in [3.8, 4) is 22.9 Å². The van der Waals surface area contributed by atoms with Crippen LogP contribution in [0.15, 0.2) is 174 Å². The molecule has 2 aromatic heterocycles. The molecule has 0 saturated carbocycles. The summed E-state index contributed by atoms with van der Waals surface area (Å²) in [5.74, 6) is 1.58. The molecule has 1 unspecified atom stereocenters. The van der Waals surface area contributed by atoms with Crippen LogP contribution in [-0.2, 0) is 0 Å². The smallest absolute Gasteiger partial charge is 0.159 e. The molecule has 0 spiro atoms. The van der Waals surface area contributed by atoms with E-state index in [4.69, 9.17) is 9.98 Å². The van der Waals surface area contributed by atoms with Crippen LogP contribution in [0.1, 0.15) is 28.4 Å². The Morgan fingerprint density at radius 3 is 2.11 bits per heavy atom. The van der Waals surface area contributed by atoms with Gasteiger partial charge in [-0.2, -0.15) is 5.26 Å². The lowest BCUT2D eigenvalue weighted by molar-refractivity contribution is 0.383. The lowest BCUT2D eigenvalue weighted by Crippen LogP contribution is -2.35. The molecule has 0 saturated heterocycles. The van der Waals surface area contributed by atoms with Crippen molar-refractivity contribution in [1.29, 1.82) is 5.26 Å². The standard InChI is InChI=1S/C47H31N5S/c1-51-46(32-14-6-3-7-15-32)49-45(31-12-4-2-5-13-31)50-47(51)34-16-10-17-35(27-34)52-41-24-22-30(29-48)26-39(41)40-28-33(23-25-42(40)52)36-19-11-20-38-37-18-8-9-21-43(37)53-44(36)38/h2-28,47H,1H3. The van der Waals surface area contributed by atoms with Crippen molar-refractivity contribution in [3.63, 3.8) is 0 Å². The first-order valence-electron chi connectivity index (χ1n) is 17.6. The monoisotopic (exact) mass is 697 g/mol. The van der Waals surface area contributed by atoms with Crippen LogP contribution in [0.2, 0.25) is 0 Å². The summed E-state index contributed by atoms with van der Waals surface area (Å²) in [5, 5.41) is 14.7. The zero-order chi connectivity index (χ0) is 35.5. The topological polar surface area (TPSA) is 56.7 Å². The highest BCUT2D eigenvalue weighted by atomic mass is 32.1. The fraction of sp³-hybridized carbons (Fsp3) is 0.0426. The Hall–Kier alpha value is -6.81. The summed E-state index contributed by atoms with van der Waals surface area (Å²) in [6, 6.07) is 59.5. The van der Waals surface area contributed by atoms with E-state index in [0.29, 0.717) is 11.4 Å². The Kier molecular flexibility index (Phi) is 7.27. The Labute approximate surface area is 310 Å². The van der Waals surface area contributed by atoms with Crippen molar-refractivity contribution in [2.75, 3.05) is 7.05 Å². The summed E-state index contributed by atoms with van der Waals surface area (Å²) >= 11 is 1.84. The molecular weight excluding hydrogens is 667 g/mol. The van der Waals surface area contributed by atoms with E-state index in [-0.39, 0.29) is 6.17 Å². The van der Waals surface area contributed by atoms with Gasteiger partial charge in [0.15, 0.2) is 12.0 Å². The predicted molar refractivity (Wildman–Crippen MR) is 220 cm³/mol. The van der Waals surface area contributed by atoms with Gasteiger partial charge in [-0.15, -0.1) is 11.3 Å². The maximum Gasteiger partial charge on any atom is 0.159 e. The molecule has 0 amide bonds. The maximum absolute atomic E-state index is 9.94. The van der Waals surface area contributed by atoms with Gasteiger partial charge in [-0.25, -0.2) is 9.98 Å². The molecule has 0 bridgehead atoms. The number of thiophene rings is 1. The van der Waals surface area contributed by atoms with E-state index in [1.54, 1.807) is 0 Å². The van der Waals surface area contributed by atoms with Crippen molar-refractivity contribution in [3.05, 3.63) is 186 Å². The first-order chi connectivity index (χ1) is 26.1. The van der Waals surface area contributed by atoms with Gasteiger partial charge in [0.25, 0.3) is 0 Å². The number of benzene rings is 7. The molecule has 10 rings (SSSR count). The van der Waals surface area contributed by atoms with E-state index >= 15 is 0 Å². The van der Waals surface area contributed by atoms with Gasteiger partial charge in [-0.05, 0) is 65.2 Å². The third-order valence-electron chi connectivity index (χ3n) is 10.3. The highest BCUT2D eigenvalue weighted by Crippen LogP contribution is 2.42. The van der Waals surface area contributed by atoms with E-state index in [1.165, 1.54) is 25.7 Å². The molecule has 9 aromatic rings. The lowest BCUT2D eigenvalue weighted by Gasteiger charge is -2.32. The van der Waals surface area contributed by atoms with Crippen LogP contribution in [0.25, 0.3) is 58.8 Å². The van der Waals surface area contributed by atoms with Gasteiger partial charge in [0.05, 0.1) is 22.7 Å². The van der Waals surface area contributed by atoms with Crippen molar-refractivity contribution in [2.24, 2.45) is 9.98 Å². The predicted octanol–water partition coefficient (Wildman–Crippen LogP) is 11.5. The van der Waals surface area contributed by atoms with Gasteiger partial charge >= 0.3 is 0 Å². The zero-order valence-corrected chi connectivity index (χ0v) is 29.6. The van der Waals surface area contributed by atoms with Crippen LogP contribution in [0, 0.1) is 11.3 Å². The van der Waals surface area contributed by atoms with Gasteiger partial charge < -0.3 is 9.47 Å². The minimum atomic E-state index is -0.301. The van der Waals surface area contributed by atoms with Gasteiger partial charge in [0.1, 0.15) is 5.84 Å². The molecule has 6 heteroatoms. The molecule has 5 nitrogen and oxygen atoms in total. The first kappa shape index (κ1) is 31.0. The number of aromatic nitrogens is 1. The van der Waals surface area contributed by atoms with E-state index in [0.717, 1.165) is 55.6 Å². The minimum Gasteiger partial charge on any atom is -0.333 e. The number of amidine groups is 2. The van der Waals surface area contributed by atoms with Crippen molar-refractivity contribution in [1.82, 2.24) is 9.47 Å². The number of hydrogen-bond donors (Lipinski definition) is 0. The second-order valence-corrected chi connectivity index (χ2v) is 14.4. The quantitative estimate of drug-likeness (QED) is 0.180. The van der Waals surface area contributed by atoms with E-state index in [2.05, 4.69) is 138 Å². The largest absolute Gasteiger partial charge is 0.333 e. The van der Waals surface area contributed by atoms with Crippen LogP contribution in [0.3, 0.4) is 0 Å². The number of aliphatic imine (C=N–C) groups is 2. The Balaban J connectivity index is 1.14. The van der Waals surface area contributed by atoms with Gasteiger partial charge in [0.2, 0.25) is 0 Å². The summed E-state index contributed by atoms with van der Waals surface area (Å²) in [5.41, 5.74) is 9.24. The van der Waals surface area contributed by atoms with Crippen LogP contribution in [0.4, 0.5) is 0 Å².